The third-order valence-corrected chi connectivity index (χ3v) is 2.76. The van der Waals surface area contributed by atoms with Gasteiger partial charge in [0.15, 0.2) is 0 Å². The molecule has 0 unspecified atom stereocenters. The van der Waals surface area contributed by atoms with Crippen molar-refractivity contribution >= 4 is 17.5 Å². The molecule has 8 heteroatoms. The molecule has 0 amide bonds. The van der Waals surface area contributed by atoms with Crippen molar-refractivity contribution < 1.29 is 14.5 Å². The summed E-state index contributed by atoms with van der Waals surface area (Å²) in [5.41, 5.74) is 0.266. The van der Waals surface area contributed by atoms with Crippen molar-refractivity contribution in [2.24, 2.45) is 7.05 Å². The van der Waals surface area contributed by atoms with E-state index in [1.54, 1.807) is 25.8 Å². The molecule has 0 bridgehead atoms. The minimum atomic E-state index is -0.467. The van der Waals surface area contributed by atoms with E-state index >= 15 is 0 Å². The summed E-state index contributed by atoms with van der Waals surface area (Å²) in [6, 6.07) is 0. The third kappa shape index (κ3) is 3.46. The number of esters is 1. The lowest BCUT2D eigenvalue weighted by molar-refractivity contribution is -0.384. The van der Waals surface area contributed by atoms with E-state index in [0.29, 0.717) is 18.1 Å². The Labute approximate surface area is 117 Å². The average Bonchev–Trinajstić information content (AvgIpc) is 2.64. The number of hydrogen-bond acceptors (Lipinski definition) is 6. The molecule has 0 saturated heterocycles. The van der Waals surface area contributed by atoms with E-state index in [0.717, 1.165) is 6.42 Å². The maximum Gasteiger partial charge on any atom is 0.333 e. The molecule has 0 aliphatic heterocycles. The molecule has 0 aromatic carbocycles. The summed E-state index contributed by atoms with van der Waals surface area (Å²) in [5.74, 6) is -0.0727. The molecule has 1 aromatic heterocycles. The fourth-order valence-electron chi connectivity index (χ4n) is 2.10. The van der Waals surface area contributed by atoms with Crippen LogP contribution in [0.15, 0.2) is 0 Å². The van der Waals surface area contributed by atoms with Gasteiger partial charge in [-0.3, -0.25) is 14.9 Å². The van der Waals surface area contributed by atoms with E-state index in [1.807, 2.05) is 6.92 Å². The van der Waals surface area contributed by atoms with Crippen LogP contribution >= 0.6 is 0 Å². The number of nitrogens with zero attached hydrogens (tertiary/aromatic N) is 4. The number of anilines is 1. The van der Waals surface area contributed by atoms with Crippen molar-refractivity contribution in [3.8, 4) is 0 Å². The monoisotopic (exact) mass is 284 g/mol. The van der Waals surface area contributed by atoms with E-state index < -0.39 is 10.9 Å². The summed E-state index contributed by atoms with van der Waals surface area (Å²) in [4.78, 5) is 24.0. The Balaban J connectivity index is 3.14. The second-order valence-corrected chi connectivity index (χ2v) is 4.36. The van der Waals surface area contributed by atoms with Crippen LogP contribution in [0.3, 0.4) is 0 Å². The lowest BCUT2D eigenvalue weighted by atomic mass is 10.3. The average molecular weight is 284 g/mol. The molecular weight excluding hydrogens is 264 g/mol. The van der Waals surface area contributed by atoms with Crippen LogP contribution < -0.4 is 4.90 Å². The number of hydrogen-bond donors (Lipinski definition) is 0. The van der Waals surface area contributed by atoms with Gasteiger partial charge in [-0.25, -0.2) is 4.68 Å². The fourth-order valence-corrected chi connectivity index (χ4v) is 2.10. The first-order valence-electron chi connectivity index (χ1n) is 6.50. The van der Waals surface area contributed by atoms with Crippen molar-refractivity contribution in [2.45, 2.75) is 27.2 Å². The first-order chi connectivity index (χ1) is 9.42. The van der Waals surface area contributed by atoms with Crippen LogP contribution in [0.5, 0.6) is 0 Å². The molecule has 0 spiro atoms. The first kappa shape index (κ1) is 15.9. The van der Waals surface area contributed by atoms with Gasteiger partial charge in [-0.05, 0) is 20.3 Å². The highest BCUT2D eigenvalue weighted by Crippen LogP contribution is 2.30. The summed E-state index contributed by atoms with van der Waals surface area (Å²) < 4.78 is 6.34. The minimum absolute atomic E-state index is 0.0263. The van der Waals surface area contributed by atoms with Crippen molar-refractivity contribution in [3.05, 3.63) is 15.8 Å². The molecule has 0 aliphatic carbocycles. The number of rotatable bonds is 7. The van der Waals surface area contributed by atoms with Gasteiger partial charge in [0.1, 0.15) is 12.2 Å². The molecule has 0 atom stereocenters. The number of nitro groups is 1. The van der Waals surface area contributed by atoms with Crippen molar-refractivity contribution in [2.75, 3.05) is 24.6 Å². The Bertz CT molecular complexity index is 498. The maximum atomic E-state index is 11.6. The zero-order valence-corrected chi connectivity index (χ0v) is 12.3. The van der Waals surface area contributed by atoms with Crippen molar-refractivity contribution in [3.63, 3.8) is 0 Å². The van der Waals surface area contributed by atoms with Crippen LogP contribution in [-0.4, -0.2) is 40.4 Å². The zero-order chi connectivity index (χ0) is 15.3. The van der Waals surface area contributed by atoms with Gasteiger partial charge in [0.2, 0.25) is 5.82 Å². The lowest BCUT2D eigenvalue weighted by Crippen LogP contribution is -2.33. The number of carbonyl (C=O) groups is 1. The highest BCUT2D eigenvalue weighted by atomic mass is 16.6. The molecule has 0 saturated carbocycles. The van der Waals surface area contributed by atoms with E-state index in [1.165, 1.54) is 4.68 Å². The Hall–Kier alpha value is -2.12. The molecule has 112 valence electrons. The smallest absolute Gasteiger partial charge is 0.333 e. The van der Waals surface area contributed by atoms with Crippen molar-refractivity contribution in [1.82, 2.24) is 9.78 Å². The SMILES string of the molecule is CCCN(CC(=O)OCC)c1c([N+](=O)[O-])c(C)nn1C. The van der Waals surface area contributed by atoms with Crippen LogP contribution in [-0.2, 0) is 16.6 Å². The molecule has 1 aromatic rings. The van der Waals surface area contributed by atoms with E-state index in [9.17, 15) is 14.9 Å². The van der Waals surface area contributed by atoms with Gasteiger partial charge in [0, 0.05) is 13.6 Å². The molecule has 1 rings (SSSR count). The molecule has 0 fully saturated rings. The normalized spacial score (nSPS) is 10.4. The molecule has 20 heavy (non-hydrogen) atoms. The fraction of sp³-hybridized carbons (Fsp3) is 0.667. The van der Waals surface area contributed by atoms with E-state index in [2.05, 4.69) is 5.10 Å². The van der Waals surface area contributed by atoms with Gasteiger partial charge in [0.05, 0.1) is 11.5 Å². The van der Waals surface area contributed by atoms with Crippen LogP contribution in [0.2, 0.25) is 0 Å². The molecular formula is C12H20N4O4. The Kier molecular flexibility index (Phi) is 5.48. The molecule has 8 nitrogen and oxygen atoms in total. The summed E-state index contributed by atoms with van der Waals surface area (Å²) >= 11 is 0. The van der Waals surface area contributed by atoms with Gasteiger partial charge in [-0.15, -0.1) is 0 Å². The molecule has 0 aliphatic rings. The van der Waals surface area contributed by atoms with Gasteiger partial charge >= 0.3 is 11.7 Å². The maximum absolute atomic E-state index is 11.6. The van der Waals surface area contributed by atoms with Gasteiger partial charge in [-0.1, -0.05) is 6.92 Å². The van der Waals surface area contributed by atoms with E-state index in [-0.39, 0.29) is 18.8 Å². The number of aromatic nitrogens is 2. The van der Waals surface area contributed by atoms with Crippen LogP contribution in [0.25, 0.3) is 0 Å². The molecule has 0 radical (unpaired) electrons. The summed E-state index contributed by atoms with van der Waals surface area (Å²) in [6.45, 7) is 6.01. The number of aryl methyl sites for hydroxylation is 2. The number of ether oxygens (including phenoxy) is 1. The topological polar surface area (TPSA) is 90.5 Å². The predicted octanol–water partition coefficient (Wildman–Crippen LogP) is 1.42. The summed E-state index contributed by atoms with van der Waals surface area (Å²) in [5, 5.41) is 15.3. The second-order valence-electron chi connectivity index (χ2n) is 4.36. The standard InChI is InChI=1S/C12H20N4O4/c1-5-7-15(8-10(17)20-6-2)12-11(16(18)19)9(3)13-14(12)4/h5-8H2,1-4H3. The van der Waals surface area contributed by atoms with E-state index in [4.69, 9.17) is 4.74 Å². The third-order valence-electron chi connectivity index (χ3n) is 2.76. The van der Waals surface area contributed by atoms with Crippen molar-refractivity contribution in [1.29, 1.82) is 0 Å². The molecule has 1 heterocycles. The van der Waals surface area contributed by atoms with Crippen LogP contribution in [0.4, 0.5) is 11.5 Å². The summed E-state index contributed by atoms with van der Waals surface area (Å²) in [7, 11) is 1.63. The van der Waals surface area contributed by atoms with Crippen LogP contribution in [0.1, 0.15) is 26.0 Å². The largest absolute Gasteiger partial charge is 0.465 e. The van der Waals surface area contributed by atoms with Gasteiger partial charge < -0.3 is 9.64 Å². The van der Waals surface area contributed by atoms with Gasteiger partial charge in [0.25, 0.3) is 0 Å². The van der Waals surface area contributed by atoms with Gasteiger partial charge in [-0.2, -0.15) is 5.10 Å². The second kappa shape index (κ2) is 6.88. The molecule has 0 N–H and O–H groups in total. The quantitative estimate of drug-likeness (QED) is 0.427. The first-order valence-corrected chi connectivity index (χ1v) is 6.50. The predicted molar refractivity (Wildman–Crippen MR) is 73.7 cm³/mol. The lowest BCUT2D eigenvalue weighted by Gasteiger charge is -2.22. The van der Waals surface area contributed by atoms with Crippen LogP contribution in [0, 0.1) is 17.0 Å². The summed E-state index contributed by atoms with van der Waals surface area (Å²) in [6.07, 6.45) is 0.751. The Morgan fingerprint density at radius 1 is 1.50 bits per heavy atom. The minimum Gasteiger partial charge on any atom is -0.465 e. The zero-order valence-electron chi connectivity index (χ0n) is 12.3. The Morgan fingerprint density at radius 3 is 2.65 bits per heavy atom. The number of carbonyl (C=O) groups excluding carboxylic acids is 1. The highest BCUT2D eigenvalue weighted by molar-refractivity contribution is 5.77. The highest BCUT2D eigenvalue weighted by Gasteiger charge is 2.29. The Morgan fingerprint density at radius 2 is 2.15 bits per heavy atom.